The third-order valence-electron chi connectivity index (χ3n) is 7.05. The number of alkyl carbamates (subject to hydrolysis) is 1. The molecule has 10 nitrogen and oxygen atoms in total. The van der Waals surface area contributed by atoms with E-state index in [1.807, 2.05) is 13.8 Å². The van der Waals surface area contributed by atoms with Gasteiger partial charge in [-0.15, -0.1) is 0 Å². The number of amides is 2. The topological polar surface area (TPSA) is 119 Å². The molecule has 2 aliphatic rings. The largest absolute Gasteiger partial charge is 0.493 e. The fourth-order valence-corrected chi connectivity index (χ4v) is 4.89. The van der Waals surface area contributed by atoms with E-state index >= 15 is 0 Å². The summed E-state index contributed by atoms with van der Waals surface area (Å²) in [5, 5.41) is 16.3. The van der Waals surface area contributed by atoms with E-state index in [1.165, 1.54) is 0 Å². The van der Waals surface area contributed by atoms with E-state index in [9.17, 15) is 14.7 Å². The van der Waals surface area contributed by atoms with Crippen LogP contribution < -0.4 is 20.1 Å². The van der Waals surface area contributed by atoms with Crippen LogP contribution in [0.5, 0.6) is 11.5 Å². The predicted molar refractivity (Wildman–Crippen MR) is 139 cm³/mol. The van der Waals surface area contributed by atoms with Gasteiger partial charge in [-0.1, -0.05) is 12.8 Å². The molecule has 0 radical (unpaired) electrons. The number of carbonyl (C=O) groups excluding carboxylic acids is 2. The summed E-state index contributed by atoms with van der Waals surface area (Å²) in [6.07, 6.45) is 2.69. The van der Waals surface area contributed by atoms with Gasteiger partial charge in [0.1, 0.15) is 6.10 Å². The zero-order valence-electron chi connectivity index (χ0n) is 22.5. The van der Waals surface area contributed by atoms with Crippen molar-refractivity contribution in [2.45, 2.75) is 70.2 Å². The van der Waals surface area contributed by atoms with Crippen molar-refractivity contribution in [3.63, 3.8) is 0 Å². The van der Waals surface area contributed by atoms with Crippen LogP contribution in [0.3, 0.4) is 0 Å². The zero-order chi connectivity index (χ0) is 26.8. The van der Waals surface area contributed by atoms with Crippen LogP contribution in [0.25, 0.3) is 0 Å². The van der Waals surface area contributed by atoms with Crippen molar-refractivity contribution in [2.75, 3.05) is 47.1 Å². The Morgan fingerprint density at radius 2 is 1.92 bits per heavy atom. The van der Waals surface area contributed by atoms with E-state index in [2.05, 4.69) is 10.6 Å². The maximum atomic E-state index is 13.6. The lowest BCUT2D eigenvalue weighted by Crippen LogP contribution is -2.48. The summed E-state index contributed by atoms with van der Waals surface area (Å²) in [6.45, 7) is 6.56. The molecule has 0 aromatic heterocycles. The first kappa shape index (κ1) is 29.0. The molecule has 4 atom stereocenters. The second-order valence-corrected chi connectivity index (χ2v) is 10.1. The van der Waals surface area contributed by atoms with Gasteiger partial charge in [-0.25, -0.2) is 4.79 Å². The van der Waals surface area contributed by atoms with Crippen LogP contribution in [0.15, 0.2) is 18.2 Å². The molecule has 1 saturated heterocycles. The quantitative estimate of drug-likeness (QED) is 0.359. The number of nitrogens with zero attached hydrogens (tertiary/aromatic N) is 1. The molecule has 0 bridgehead atoms. The minimum absolute atomic E-state index is 0.0589. The van der Waals surface area contributed by atoms with Crippen molar-refractivity contribution >= 4 is 12.0 Å². The highest BCUT2D eigenvalue weighted by Crippen LogP contribution is 2.29. The molecule has 1 heterocycles. The molecule has 1 aliphatic carbocycles. The first-order valence-corrected chi connectivity index (χ1v) is 13.3. The molecule has 2 fully saturated rings. The van der Waals surface area contributed by atoms with Crippen LogP contribution in [0, 0.1) is 5.92 Å². The molecule has 2 amide bonds. The Bertz CT molecular complexity index is 882. The van der Waals surface area contributed by atoms with Crippen LogP contribution in [-0.2, 0) is 9.47 Å². The number of aliphatic hydroxyl groups is 1. The second-order valence-electron chi connectivity index (χ2n) is 10.1. The average molecular weight is 522 g/mol. The number of methoxy groups -OCH3 is 2. The van der Waals surface area contributed by atoms with Gasteiger partial charge in [0.15, 0.2) is 11.5 Å². The van der Waals surface area contributed by atoms with Crippen LogP contribution in [0.4, 0.5) is 4.79 Å². The molecule has 208 valence electrons. The highest BCUT2D eigenvalue weighted by molar-refractivity contribution is 5.95. The summed E-state index contributed by atoms with van der Waals surface area (Å²) in [4.78, 5) is 27.9. The average Bonchev–Trinajstić information content (AvgIpc) is 3.32. The smallest absolute Gasteiger partial charge is 0.407 e. The number of benzene rings is 1. The van der Waals surface area contributed by atoms with Crippen LogP contribution in [0.1, 0.15) is 56.3 Å². The lowest BCUT2D eigenvalue weighted by atomic mass is 9.93. The van der Waals surface area contributed by atoms with E-state index in [0.717, 1.165) is 25.7 Å². The van der Waals surface area contributed by atoms with Gasteiger partial charge in [0.05, 0.1) is 25.9 Å². The Morgan fingerprint density at radius 1 is 1.14 bits per heavy atom. The fraction of sp³-hybridized carbons (Fsp3) is 0.704. The van der Waals surface area contributed by atoms with E-state index < -0.39 is 12.2 Å². The Hall–Kier alpha value is -2.56. The van der Waals surface area contributed by atoms with Crippen LogP contribution in [0.2, 0.25) is 0 Å². The van der Waals surface area contributed by atoms with Crippen molar-refractivity contribution in [1.82, 2.24) is 15.5 Å². The zero-order valence-corrected chi connectivity index (χ0v) is 22.5. The maximum Gasteiger partial charge on any atom is 0.407 e. The first-order chi connectivity index (χ1) is 17.8. The highest BCUT2D eigenvalue weighted by Gasteiger charge is 2.35. The minimum Gasteiger partial charge on any atom is -0.493 e. The highest BCUT2D eigenvalue weighted by atomic mass is 16.6. The van der Waals surface area contributed by atoms with Gasteiger partial charge in [-0.2, -0.15) is 0 Å². The van der Waals surface area contributed by atoms with Crippen LogP contribution in [-0.4, -0.2) is 93.4 Å². The van der Waals surface area contributed by atoms with E-state index in [4.69, 9.17) is 18.9 Å². The van der Waals surface area contributed by atoms with Crippen molar-refractivity contribution in [3.05, 3.63) is 23.8 Å². The lowest BCUT2D eigenvalue weighted by Gasteiger charge is -2.32. The lowest BCUT2D eigenvalue weighted by molar-refractivity contribution is 0.0438. The molecule has 10 heteroatoms. The third-order valence-corrected chi connectivity index (χ3v) is 7.05. The third kappa shape index (κ3) is 8.21. The number of hydrogen-bond acceptors (Lipinski definition) is 8. The molecular weight excluding hydrogens is 478 g/mol. The SMILES string of the molecule is COCCCOc1cc(C(=O)N(C[C@H]2CNC[C@H]2OC(=O)N[C@@H]2CCCC[C@H]2O)C(C)C)ccc1OC. The molecule has 1 aliphatic heterocycles. The molecule has 1 aromatic carbocycles. The van der Waals surface area contributed by atoms with Crippen molar-refractivity contribution in [3.8, 4) is 11.5 Å². The number of carbonyl (C=O) groups is 2. The number of rotatable bonds is 12. The number of aliphatic hydroxyl groups excluding tert-OH is 1. The van der Waals surface area contributed by atoms with Gasteiger partial charge in [0.2, 0.25) is 0 Å². The molecule has 37 heavy (non-hydrogen) atoms. The van der Waals surface area contributed by atoms with Gasteiger partial charge in [0.25, 0.3) is 5.91 Å². The maximum absolute atomic E-state index is 13.6. The van der Waals surface area contributed by atoms with E-state index in [1.54, 1.807) is 37.3 Å². The molecule has 0 unspecified atom stereocenters. The molecule has 3 N–H and O–H groups in total. The Kier molecular flexibility index (Phi) is 11.3. The van der Waals surface area contributed by atoms with Gasteiger partial charge >= 0.3 is 6.09 Å². The molecule has 3 rings (SSSR count). The number of ether oxygens (including phenoxy) is 4. The standard InChI is InChI=1S/C27H43N3O7/c1-18(2)30(26(32)19-10-11-23(35-4)24(14-19)36-13-7-12-34-3)17-20-15-28-16-25(20)37-27(33)29-21-8-5-6-9-22(21)31/h10-11,14,18,20-22,25,28,31H,5-9,12-13,15-17H2,1-4H3,(H,29,33)/t20-,21-,22-,25-/m1/s1. The van der Waals surface area contributed by atoms with E-state index in [-0.39, 0.29) is 30.0 Å². The summed E-state index contributed by atoms with van der Waals surface area (Å²) in [5.41, 5.74) is 0.503. The van der Waals surface area contributed by atoms with Crippen LogP contribution >= 0.6 is 0 Å². The molecule has 0 spiro atoms. The minimum atomic E-state index is -0.536. The van der Waals surface area contributed by atoms with Gasteiger partial charge in [-0.3, -0.25) is 4.79 Å². The summed E-state index contributed by atoms with van der Waals surface area (Å²) in [7, 11) is 3.21. The fourth-order valence-electron chi connectivity index (χ4n) is 4.89. The van der Waals surface area contributed by atoms with Gasteiger partial charge in [0, 0.05) is 57.3 Å². The summed E-state index contributed by atoms with van der Waals surface area (Å²) in [6, 6.07) is 4.86. The summed E-state index contributed by atoms with van der Waals surface area (Å²) < 4.78 is 22.1. The van der Waals surface area contributed by atoms with Crippen molar-refractivity contribution in [1.29, 1.82) is 0 Å². The first-order valence-electron chi connectivity index (χ1n) is 13.3. The Morgan fingerprint density at radius 3 is 2.62 bits per heavy atom. The Balaban J connectivity index is 1.64. The monoisotopic (exact) mass is 521 g/mol. The number of nitrogens with one attached hydrogen (secondary N) is 2. The molecule has 1 saturated carbocycles. The normalized spacial score (nSPS) is 23.5. The Labute approximate surface area is 220 Å². The van der Waals surface area contributed by atoms with E-state index in [0.29, 0.717) is 56.3 Å². The number of hydrogen-bond donors (Lipinski definition) is 3. The molecule has 1 aromatic rings. The second kappa shape index (κ2) is 14.4. The van der Waals surface area contributed by atoms with Crippen molar-refractivity contribution in [2.24, 2.45) is 5.92 Å². The molecular formula is C27H43N3O7. The van der Waals surface area contributed by atoms with Crippen molar-refractivity contribution < 1.29 is 33.6 Å². The summed E-state index contributed by atoms with van der Waals surface area (Å²) in [5.74, 6) is 0.891. The predicted octanol–water partition coefficient (Wildman–Crippen LogP) is 2.58. The summed E-state index contributed by atoms with van der Waals surface area (Å²) >= 11 is 0. The van der Waals surface area contributed by atoms with Gasteiger partial charge < -0.3 is 39.6 Å². The van der Waals surface area contributed by atoms with Gasteiger partial charge in [-0.05, 0) is 44.9 Å².